The summed E-state index contributed by atoms with van der Waals surface area (Å²) in [6.45, 7) is 0.314. The second kappa shape index (κ2) is 6.61. The van der Waals surface area contributed by atoms with E-state index in [4.69, 9.17) is 21.1 Å². The normalized spacial score (nSPS) is 12.4. The standard InChI is InChI=1S/C14H16ClNO3/c15-7-12(18)8-16-11-3-1-10(2-4-11)14-6-5-13(9-17)19-14/h1-6,12,16-18H,7-9H2. The Balaban J connectivity index is 2.01. The first-order valence-corrected chi connectivity index (χ1v) is 6.54. The minimum absolute atomic E-state index is 0.101. The number of aliphatic hydroxyl groups excluding tert-OH is 2. The van der Waals surface area contributed by atoms with Gasteiger partial charge < -0.3 is 19.9 Å². The summed E-state index contributed by atoms with van der Waals surface area (Å²) in [5.74, 6) is 1.47. The van der Waals surface area contributed by atoms with Crippen LogP contribution in [0.15, 0.2) is 40.8 Å². The van der Waals surface area contributed by atoms with Crippen molar-refractivity contribution in [3.05, 3.63) is 42.2 Å². The largest absolute Gasteiger partial charge is 0.459 e. The lowest BCUT2D eigenvalue weighted by molar-refractivity contribution is 0.211. The lowest BCUT2D eigenvalue weighted by atomic mass is 10.1. The first-order valence-electron chi connectivity index (χ1n) is 6.01. The van der Waals surface area contributed by atoms with Gasteiger partial charge in [0, 0.05) is 17.8 Å². The summed E-state index contributed by atoms with van der Waals surface area (Å²) in [6.07, 6.45) is -0.557. The number of nitrogens with one attached hydrogen (secondary N) is 1. The van der Waals surface area contributed by atoms with Crippen LogP contribution in [-0.2, 0) is 6.61 Å². The van der Waals surface area contributed by atoms with Crippen LogP contribution in [0.2, 0.25) is 0 Å². The number of hydrogen-bond donors (Lipinski definition) is 3. The molecule has 0 amide bonds. The number of hydrogen-bond acceptors (Lipinski definition) is 4. The van der Waals surface area contributed by atoms with Crippen molar-refractivity contribution in [2.45, 2.75) is 12.7 Å². The SMILES string of the molecule is OCc1ccc(-c2ccc(NCC(O)CCl)cc2)o1. The van der Waals surface area contributed by atoms with Gasteiger partial charge in [-0.3, -0.25) is 0 Å². The Labute approximate surface area is 116 Å². The molecule has 1 aromatic heterocycles. The van der Waals surface area contributed by atoms with E-state index in [0.29, 0.717) is 12.3 Å². The van der Waals surface area contributed by atoms with Gasteiger partial charge in [-0.05, 0) is 36.4 Å². The van der Waals surface area contributed by atoms with Gasteiger partial charge in [-0.25, -0.2) is 0 Å². The predicted molar refractivity (Wildman–Crippen MR) is 75.3 cm³/mol. The number of anilines is 1. The fraction of sp³-hybridized carbons (Fsp3) is 0.286. The molecule has 3 N–H and O–H groups in total. The average molecular weight is 282 g/mol. The zero-order chi connectivity index (χ0) is 13.7. The van der Waals surface area contributed by atoms with Crippen molar-refractivity contribution >= 4 is 17.3 Å². The Hall–Kier alpha value is -1.49. The number of aliphatic hydroxyl groups is 2. The van der Waals surface area contributed by atoms with E-state index in [1.807, 2.05) is 30.3 Å². The van der Waals surface area contributed by atoms with Crippen molar-refractivity contribution in [2.75, 3.05) is 17.7 Å². The monoisotopic (exact) mass is 281 g/mol. The third-order valence-electron chi connectivity index (χ3n) is 2.71. The van der Waals surface area contributed by atoms with Crippen molar-refractivity contribution in [3.8, 4) is 11.3 Å². The number of benzene rings is 1. The van der Waals surface area contributed by atoms with Crippen LogP contribution < -0.4 is 5.32 Å². The summed E-state index contributed by atoms with van der Waals surface area (Å²) >= 11 is 5.52. The third kappa shape index (κ3) is 3.73. The zero-order valence-electron chi connectivity index (χ0n) is 10.3. The van der Waals surface area contributed by atoms with Crippen molar-refractivity contribution in [1.29, 1.82) is 0 Å². The van der Waals surface area contributed by atoms with Crippen molar-refractivity contribution in [3.63, 3.8) is 0 Å². The summed E-state index contributed by atoms with van der Waals surface area (Å²) in [5, 5.41) is 21.4. The van der Waals surface area contributed by atoms with Crippen LogP contribution >= 0.6 is 11.6 Å². The van der Waals surface area contributed by atoms with Crippen molar-refractivity contribution in [2.24, 2.45) is 0 Å². The Morgan fingerprint density at radius 3 is 2.47 bits per heavy atom. The predicted octanol–water partition coefficient (Wildman–Crippen LogP) is 2.45. The highest BCUT2D eigenvalue weighted by Gasteiger charge is 2.05. The summed E-state index contributed by atoms with van der Waals surface area (Å²) in [5.41, 5.74) is 1.84. The Bertz CT molecular complexity index is 510. The molecular weight excluding hydrogens is 266 g/mol. The van der Waals surface area contributed by atoms with Crippen LogP contribution in [0, 0.1) is 0 Å². The van der Waals surface area contributed by atoms with Crippen LogP contribution in [0.1, 0.15) is 5.76 Å². The van der Waals surface area contributed by atoms with Gasteiger partial charge in [-0.2, -0.15) is 0 Å². The molecule has 1 unspecified atom stereocenters. The maximum atomic E-state index is 9.35. The molecule has 0 spiro atoms. The molecule has 102 valence electrons. The Morgan fingerprint density at radius 2 is 1.89 bits per heavy atom. The van der Waals surface area contributed by atoms with Crippen LogP contribution in [0.4, 0.5) is 5.69 Å². The van der Waals surface area contributed by atoms with Crippen LogP contribution in [0.3, 0.4) is 0 Å². The molecule has 5 heteroatoms. The number of alkyl halides is 1. The summed E-state index contributed by atoms with van der Waals surface area (Å²) in [7, 11) is 0. The van der Waals surface area contributed by atoms with Crippen molar-refractivity contribution < 1.29 is 14.6 Å². The fourth-order valence-electron chi connectivity index (χ4n) is 1.66. The summed E-state index contributed by atoms with van der Waals surface area (Å²) in [6, 6.07) is 11.2. The molecule has 0 bridgehead atoms. The van der Waals surface area contributed by atoms with E-state index in [2.05, 4.69) is 5.32 Å². The fourth-order valence-corrected chi connectivity index (χ4v) is 1.77. The van der Waals surface area contributed by atoms with E-state index in [0.717, 1.165) is 17.0 Å². The minimum atomic E-state index is -0.557. The molecule has 2 aromatic rings. The highest BCUT2D eigenvalue weighted by molar-refractivity contribution is 6.18. The number of furan rings is 1. The summed E-state index contributed by atoms with van der Waals surface area (Å²) in [4.78, 5) is 0. The lowest BCUT2D eigenvalue weighted by Gasteiger charge is -2.10. The van der Waals surface area contributed by atoms with Gasteiger partial charge in [0.1, 0.15) is 18.1 Å². The van der Waals surface area contributed by atoms with Gasteiger partial charge in [0.15, 0.2) is 0 Å². The van der Waals surface area contributed by atoms with Gasteiger partial charge in [0.2, 0.25) is 0 Å². The van der Waals surface area contributed by atoms with Gasteiger partial charge in [0.05, 0.1) is 12.0 Å². The first kappa shape index (κ1) is 13.9. The third-order valence-corrected chi connectivity index (χ3v) is 3.06. The smallest absolute Gasteiger partial charge is 0.134 e. The van der Waals surface area contributed by atoms with Gasteiger partial charge in [-0.1, -0.05) is 0 Å². The van der Waals surface area contributed by atoms with E-state index < -0.39 is 6.10 Å². The number of rotatable bonds is 6. The maximum absolute atomic E-state index is 9.35. The summed E-state index contributed by atoms with van der Waals surface area (Å²) < 4.78 is 5.45. The quantitative estimate of drug-likeness (QED) is 0.712. The maximum Gasteiger partial charge on any atom is 0.134 e. The molecule has 19 heavy (non-hydrogen) atoms. The minimum Gasteiger partial charge on any atom is -0.459 e. The lowest BCUT2D eigenvalue weighted by Crippen LogP contribution is -2.20. The van der Waals surface area contributed by atoms with E-state index in [-0.39, 0.29) is 12.5 Å². The Morgan fingerprint density at radius 1 is 1.16 bits per heavy atom. The van der Waals surface area contributed by atoms with Gasteiger partial charge >= 0.3 is 0 Å². The molecule has 4 nitrogen and oxygen atoms in total. The molecule has 0 fully saturated rings. The van der Waals surface area contributed by atoms with Gasteiger partial charge in [-0.15, -0.1) is 11.6 Å². The number of halogens is 1. The molecule has 1 aromatic carbocycles. The second-order valence-electron chi connectivity index (χ2n) is 4.19. The van der Waals surface area contributed by atoms with E-state index in [9.17, 15) is 5.11 Å². The molecule has 1 heterocycles. The molecule has 0 aliphatic carbocycles. The zero-order valence-corrected chi connectivity index (χ0v) is 11.1. The average Bonchev–Trinajstić information content (AvgIpc) is 2.94. The molecule has 1 atom stereocenters. The van der Waals surface area contributed by atoms with Crippen molar-refractivity contribution in [1.82, 2.24) is 0 Å². The van der Waals surface area contributed by atoms with E-state index in [1.54, 1.807) is 6.07 Å². The Kier molecular flexibility index (Phi) is 4.85. The van der Waals surface area contributed by atoms with E-state index >= 15 is 0 Å². The van der Waals surface area contributed by atoms with Crippen LogP contribution in [0.25, 0.3) is 11.3 Å². The molecule has 0 saturated carbocycles. The molecule has 0 radical (unpaired) electrons. The van der Waals surface area contributed by atoms with E-state index in [1.165, 1.54) is 0 Å². The molecular formula is C14H16ClNO3. The second-order valence-corrected chi connectivity index (χ2v) is 4.50. The molecule has 2 rings (SSSR count). The first-order chi connectivity index (χ1) is 9.22. The highest BCUT2D eigenvalue weighted by Crippen LogP contribution is 2.23. The topological polar surface area (TPSA) is 65.6 Å². The van der Waals surface area contributed by atoms with Crippen LogP contribution in [0.5, 0.6) is 0 Å². The molecule has 0 saturated heterocycles. The van der Waals surface area contributed by atoms with Gasteiger partial charge in [0.25, 0.3) is 0 Å². The van der Waals surface area contributed by atoms with Crippen LogP contribution in [-0.4, -0.2) is 28.7 Å². The molecule has 0 aliphatic rings. The highest BCUT2D eigenvalue weighted by atomic mass is 35.5. The molecule has 0 aliphatic heterocycles.